The number of halogens is 1. The van der Waals surface area contributed by atoms with Gasteiger partial charge in [-0.2, -0.15) is 0 Å². The summed E-state index contributed by atoms with van der Waals surface area (Å²) < 4.78 is 2.15. The summed E-state index contributed by atoms with van der Waals surface area (Å²) in [5.41, 5.74) is 5.31. The number of benzene rings is 1. The monoisotopic (exact) mass is 494 g/mol. The van der Waals surface area contributed by atoms with Crippen LogP contribution in [0.4, 0.5) is 22.0 Å². The number of nitrogens with two attached hydrogens (primary N) is 1. The number of carbonyl (C=O) groups is 2. The van der Waals surface area contributed by atoms with Crippen molar-refractivity contribution in [2.24, 2.45) is 0 Å². The molecule has 1 aromatic heterocycles. The number of carbonyl (C=O) groups excluding carboxylic acids is 2. The summed E-state index contributed by atoms with van der Waals surface area (Å²) in [6, 6.07) is 6.59. The zero-order valence-electron chi connectivity index (χ0n) is 17.5. The normalized spacial score (nSPS) is 10.5. The Kier molecular flexibility index (Phi) is 8.86. The van der Waals surface area contributed by atoms with Crippen molar-refractivity contribution >= 4 is 45.1 Å². The predicted octanol–water partition coefficient (Wildman–Crippen LogP) is 2.25. The highest BCUT2D eigenvalue weighted by Gasteiger charge is 2.22. The fourth-order valence-electron chi connectivity index (χ4n) is 2.96. The molecule has 0 unspecified atom stereocenters. The van der Waals surface area contributed by atoms with Crippen molar-refractivity contribution < 1.29 is 9.59 Å². The number of hydrogen-bond acceptors (Lipinski definition) is 5. The maximum Gasteiger partial charge on any atom is 0.330 e. The lowest BCUT2D eigenvalue weighted by atomic mass is 10.3. The molecule has 0 aliphatic heterocycles. The number of unbranched alkanes of at least 4 members (excludes halogenated alkanes) is 1. The Morgan fingerprint density at radius 1 is 1.19 bits per heavy atom. The van der Waals surface area contributed by atoms with E-state index >= 15 is 0 Å². The molecule has 2 aromatic rings. The first-order chi connectivity index (χ1) is 14.8. The number of anilines is 3. The minimum Gasteiger partial charge on any atom is -0.383 e. The lowest BCUT2D eigenvalue weighted by Crippen LogP contribution is -2.42. The second-order valence-corrected chi connectivity index (χ2v) is 7.69. The van der Waals surface area contributed by atoms with Gasteiger partial charge < -0.3 is 21.3 Å². The standard InChI is InChI=1S/C20H27BrN6O4/c1-3-5-12-27-17(22)16(18(29)25-20(27)31)26(4-2)15(28)10-11-23-19(30)24-14-8-6-13(21)7-9-14/h6-9H,3-5,10-12,22H2,1-2H3,(H2,23,24,30)(H,25,29,31). The summed E-state index contributed by atoms with van der Waals surface area (Å²) >= 11 is 3.32. The van der Waals surface area contributed by atoms with Gasteiger partial charge in [0.05, 0.1) is 0 Å². The molecule has 2 rings (SSSR count). The molecule has 1 aromatic carbocycles. The highest BCUT2D eigenvalue weighted by Crippen LogP contribution is 2.18. The first-order valence-corrected chi connectivity index (χ1v) is 10.8. The van der Waals surface area contributed by atoms with Crippen LogP contribution in [-0.4, -0.2) is 34.6 Å². The van der Waals surface area contributed by atoms with E-state index < -0.39 is 23.2 Å². The lowest BCUT2D eigenvalue weighted by Gasteiger charge is -2.23. The van der Waals surface area contributed by atoms with E-state index in [1.807, 2.05) is 6.92 Å². The summed E-state index contributed by atoms with van der Waals surface area (Å²) in [5, 5.41) is 5.26. The molecule has 5 N–H and O–H groups in total. The van der Waals surface area contributed by atoms with Gasteiger partial charge in [0.25, 0.3) is 5.56 Å². The van der Waals surface area contributed by atoms with E-state index in [1.54, 1.807) is 31.2 Å². The number of rotatable bonds is 9. The lowest BCUT2D eigenvalue weighted by molar-refractivity contribution is -0.118. The molecule has 0 saturated carbocycles. The highest BCUT2D eigenvalue weighted by atomic mass is 79.9. The van der Waals surface area contributed by atoms with Crippen molar-refractivity contribution in [1.82, 2.24) is 14.9 Å². The van der Waals surface area contributed by atoms with Crippen molar-refractivity contribution in [2.45, 2.75) is 39.7 Å². The molecule has 11 heteroatoms. The Bertz CT molecular complexity index is 1030. The second kappa shape index (κ2) is 11.3. The van der Waals surface area contributed by atoms with Crippen LogP contribution in [0, 0.1) is 0 Å². The molecule has 1 heterocycles. The minimum atomic E-state index is -0.716. The molecule has 0 spiro atoms. The molecule has 0 radical (unpaired) electrons. The van der Waals surface area contributed by atoms with Crippen LogP contribution >= 0.6 is 15.9 Å². The van der Waals surface area contributed by atoms with Crippen LogP contribution in [0.3, 0.4) is 0 Å². The fourth-order valence-corrected chi connectivity index (χ4v) is 3.23. The second-order valence-electron chi connectivity index (χ2n) is 6.77. The van der Waals surface area contributed by atoms with Gasteiger partial charge in [0.1, 0.15) is 5.82 Å². The SMILES string of the molecule is CCCCn1c(N)c(N(CC)C(=O)CCNC(=O)Nc2ccc(Br)cc2)c(=O)[nH]c1=O. The van der Waals surface area contributed by atoms with Gasteiger partial charge in [-0.1, -0.05) is 29.3 Å². The first-order valence-electron chi connectivity index (χ1n) is 10.0. The van der Waals surface area contributed by atoms with Crippen molar-refractivity contribution in [2.75, 3.05) is 29.0 Å². The van der Waals surface area contributed by atoms with Crippen LogP contribution in [0.25, 0.3) is 0 Å². The number of amides is 3. The molecule has 0 aliphatic carbocycles. The third-order valence-corrected chi connectivity index (χ3v) is 5.09. The highest BCUT2D eigenvalue weighted by molar-refractivity contribution is 9.10. The van der Waals surface area contributed by atoms with E-state index in [0.717, 1.165) is 10.9 Å². The van der Waals surface area contributed by atoms with E-state index in [4.69, 9.17) is 5.73 Å². The Balaban J connectivity index is 2.05. The van der Waals surface area contributed by atoms with Crippen LogP contribution in [-0.2, 0) is 11.3 Å². The molecule has 0 atom stereocenters. The molecule has 3 amide bonds. The summed E-state index contributed by atoms with van der Waals surface area (Å²) in [6.07, 6.45) is 1.49. The smallest absolute Gasteiger partial charge is 0.330 e. The number of H-pyrrole nitrogens is 1. The maximum absolute atomic E-state index is 12.7. The van der Waals surface area contributed by atoms with Gasteiger partial charge >= 0.3 is 11.7 Å². The molecule has 168 valence electrons. The Morgan fingerprint density at radius 2 is 1.87 bits per heavy atom. The first kappa shape index (κ1) is 24.2. The van der Waals surface area contributed by atoms with Gasteiger partial charge in [0.15, 0.2) is 5.69 Å². The van der Waals surface area contributed by atoms with Crippen LogP contribution < -0.4 is 32.5 Å². The van der Waals surface area contributed by atoms with Crippen LogP contribution in [0.1, 0.15) is 33.1 Å². The van der Waals surface area contributed by atoms with Gasteiger partial charge in [0.2, 0.25) is 5.91 Å². The fraction of sp³-hybridized carbons (Fsp3) is 0.400. The predicted molar refractivity (Wildman–Crippen MR) is 124 cm³/mol. The molecular formula is C20H27BrN6O4. The van der Waals surface area contributed by atoms with Crippen molar-refractivity contribution in [1.29, 1.82) is 0 Å². The number of hydrogen-bond donors (Lipinski definition) is 4. The minimum absolute atomic E-state index is 0.0432. The number of nitrogens with zero attached hydrogens (tertiary/aromatic N) is 2. The van der Waals surface area contributed by atoms with Crippen LogP contribution in [0.5, 0.6) is 0 Å². The van der Waals surface area contributed by atoms with Crippen molar-refractivity contribution in [3.63, 3.8) is 0 Å². The zero-order valence-corrected chi connectivity index (χ0v) is 19.1. The number of aromatic amines is 1. The number of urea groups is 1. The van der Waals surface area contributed by atoms with Crippen molar-refractivity contribution in [3.05, 3.63) is 49.6 Å². The summed E-state index contributed by atoms with van der Waals surface area (Å²) in [6.45, 7) is 4.25. The van der Waals surface area contributed by atoms with E-state index in [9.17, 15) is 19.2 Å². The Labute approximate surface area is 188 Å². The average molecular weight is 495 g/mol. The average Bonchev–Trinajstić information content (AvgIpc) is 2.72. The van der Waals surface area contributed by atoms with Gasteiger partial charge in [0, 0.05) is 36.2 Å². The van der Waals surface area contributed by atoms with Gasteiger partial charge in [-0.25, -0.2) is 9.59 Å². The van der Waals surface area contributed by atoms with E-state index in [1.165, 1.54) is 9.47 Å². The third-order valence-electron chi connectivity index (χ3n) is 4.56. The van der Waals surface area contributed by atoms with Crippen molar-refractivity contribution in [3.8, 4) is 0 Å². The molecule has 10 nitrogen and oxygen atoms in total. The quantitative estimate of drug-likeness (QED) is 0.422. The number of aromatic nitrogens is 2. The number of nitrogens with one attached hydrogen (secondary N) is 3. The molecule has 31 heavy (non-hydrogen) atoms. The molecule has 0 bridgehead atoms. The van der Waals surface area contributed by atoms with Gasteiger partial charge in [-0.05, 0) is 37.6 Å². The summed E-state index contributed by atoms with van der Waals surface area (Å²) in [7, 11) is 0. The third kappa shape index (κ3) is 6.45. The van der Waals surface area contributed by atoms with E-state index in [0.29, 0.717) is 18.7 Å². The van der Waals surface area contributed by atoms with E-state index in [2.05, 4.69) is 31.5 Å². The molecule has 0 aliphatic rings. The van der Waals surface area contributed by atoms with Crippen LogP contribution in [0.15, 0.2) is 38.3 Å². The zero-order chi connectivity index (χ0) is 23.0. The maximum atomic E-state index is 12.7. The topological polar surface area (TPSA) is 142 Å². The molecule has 0 fully saturated rings. The molecule has 0 saturated heterocycles. The molecular weight excluding hydrogens is 468 g/mol. The summed E-state index contributed by atoms with van der Waals surface area (Å²) in [5.74, 6) is -0.442. The van der Waals surface area contributed by atoms with Gasteiger partial charge in [-0.15, -0.1) is 0 Å². The Hall–Kier alpha value is -3.08. The number of nitrogen functional groups attached to an aromatic ring is 1. The largest absolute Gasteiger partial charge is 0.383 e. The Morgan fingerprint density at radius 3 is 2.48 bits per heavy atom. The van der Waals surface area contributed by atoms with Crippen LogP contribution in [0.2, 0.25) is 0 Å². The summed E-state index contributed by atoms with van der Waals surface area (Å²) in [4.78, 5) is 52.6. The van der Waals surface area contributed by atoms with Gasteiger partial charge in [-0.3, -0.25) is 19.1 Å². The van der Waals surface area contributed by atoms with E-state index in [-0.39, 0.29) is 31.0 Å².